The molecule has 0 spiro atoms. The van der Waals surface area contributed by atoms with E-state index in [4.69, 9.17) is 4.74 Å². The second-order valence-electron chi connectivity index (χ2n) is 4.68. The minimum atomic E-state index is -0.451. The van der Waals surface area contributed by atoms with Gasteiger partial charge in [0.15, 0.2) is 5.71 Å². The molecule has 0 saturated carbocycles. The first-order valence-electron chi connectivity index (χ1n) is 5.42. The Morgan fingerprint density at radius 3 is 2.29 bits per heavy atom. The van der Waals surface area contributed by atoms with Gasteiger partial charge in [0.1, 0.15) is 0 Å². The maximum Gasteiger partial charge on any atom is 0.359 e. The van der Waals surface area contributed by atoms with Crippen LogP contribution in [-0.4, -0.2) is 24.3 Å². The van der Waals surface area contributed by atoms with Crippen molar-refractivity contribution in [2.75, 3.05) is 7.11 Å². The number of hydrogen-bond acceptors (Lipinski definition) is 4. The third-order valence-corrected chi connectivity index (χ3v) is 1.93. The molecular weight excluding hydrogens is 216 g/mol. The number of hydrogen-bond donors (Lipinski definition) is 1. The van der Waals surface area contributed by atoms with E-state index in [2.05, 4.69) is 10.5 Å². The van der Waals surface area contributed by atoms with E-state index in [0.717, 1.165) is 5.56 Å². The summed E-state index contributed by atoms with van der Waals surface area (Å²) in [5.74, 6) is -0.451. The molecule has 0 aliphatic carbocycles. The van der Waals surface area contributed by atoms with Crippen molar-refractivity contribution in [3.63, 3.8) is 0 Å². The van der Waals surface area contributed by atoms with Crippen LogP contribution in [0, 0.1) is 0 Å². The molecule has 0 saturated heterocycles. The number of carbonyl (C=O) groups is 1. The quantitative estimate of drug-likeness (QED) is 0.494. The summed E-state index contributed by atoms with van der Waals surface area (Å²) in [6.07, 6.45) is 0. The summed E-state index contributed by atoms with van der Waals surface area (Å²) in [7, 11) is 1.35. The van der Waals surface area contributed by atoms with Gasteiger partial charge in [0, 0.05) is 11.1 Å². The van der Waals surface area contributed by atoms with E-state index in [9.17, 15) is 4.79 Å². The fourth-order valence-corrected chi connectivity index (χ4v) is 1.14. The Balaban J connectivity index is 3.01. The highest BCUT2D eigenvalue weighted by atomic mass is 16.5. The van der Waals surface area contributed by atoms with Gasteiger partial charge >= 0.3 is 5.97 Å². The molecule has 1 N–H and O–H groups in total. The van der Waals surface area contributed by atoms with Gasteiger partial charge in [-0.1, -0.05) is 30.3 Å². The van der Waals surface area contributed by atoms with Gasteiger partial charge in [-0.05, 0) is 20.8 Å². The molecule has 1 rings (SSSR count). The summed E-state index contributed by atoms with van der Waals surface area (Å²) in [6, 6.07) is 9.23. The Morgan fingerprint density at radius 2 is 1.82 bits per heavy atom. The lowest BCUT2D eigenvalue weighted by atomic mass is 10.1. The van der Waals surface area contributed by atoms with Crippen molar-refractivity contribution >= 4 is 11.7 Å². The molecule has 0 amide bonds. The van der Waals surface area contributed by atoms with Gasteiger partial charge in [-0.25, -0.2) is 4.79 Å². The molecule has 0 fully saturated rings. The molecule has 1 aromatic carbocycles. The average molecular weight is 234 g/mol. The van der Waals surface area contributed by atoms with Gasteiger partial charge < -0.3 is 10.2 Å². The van der Waals surface area contributed by atoms with E-state index in [1.807, 2.05) is 51.1 Å². The van der Waals surface area contributed by atoms with Crippen LogP contribution in [-0.2, 0) is 9.53 Å². The molecule has 0 heterocycles. The Labute approximate surface area is 102 Å². The minimum Gasteiger partial charge on any atom is -0.464 e. The average Bonchev–Trinajstić information content (AvgIpc) is 2.29. The highest BCUT2D eigenvalue weighted by Gasteiger charge is 2.16. The number of carbonyl (C=O) groups excluding carboxylic acids is 1. The second-order valence-corrected chi connectivity index (χ2v) is 4.68. The van der Waals surface area contributed by atoms with Gasteiger partial charge in [0.25, 0.3) is 0 Å². The topological polar surface area (TPSA) is 50.7 Å². The fourth-order valence-electron chi connectivity index (χ4n) is 1.14. The molecule has 17 heavy (non-hydrogen) atoms. The first kappa shape index (κ1) is 13.2. The molecule has 0 aromatic heterocycles. The Hall–Kier alpha value is -1.84. The summed E-state index contributed by atoms with van der Waals surface area (Å²) in [5.41, 5.74) is 3.74. The number of esters is 1. The molecule has 92 valence electrons. The number of benzene rings is 1. The normalized spacial score (nSPS) is 12.1. The van der Waals surface area contributed by atoms with Gasteiger partial charge in [0.2, 0.25) is 0 Å². The molecule has 0 bridgehead atoms. The number of methoxy groups -OCH3 is 1. The van der Waals surface area contributed by atoms with Crippen LogP contribution in [0.25, 0.3) is 0 Å². The third-order valence-electron chi connectivity index (χ3n) is 1.93. The zero-order valence-corrected chi connectivity index (χ0v) is 10.7. The van der Waals surface area contributed by atoms with Crippen molar-refractivity contribution in [1.29, 1.82) is 0 Å². The Morgan fingerprint density at radius 1 is 1.24 bits per heavy atom. The van der Waals surface area contributed by atoms with E-state index in [0.29, 0.717) is 0 Å². The first-order valence-corrected chi connectivity index (χ1v) is 5.42. The standard InChI is InChI=1S/C13H18N2O2/c1-13(2,3)15-14-11(12(16)17-4)10-8-6-5-7-9-10/h5-9,15H,1-4H3/b14-11-. The largest absolute Gasteiger partial charge is 0.464 e. The van der Waals surface area contributed by atoms with Crippen molar-refractivity contribution in [3.8, 4) is 0 Å². The predicted octanol–water partition coefficient (Wildman–Crippen LogP) is 1.95. The number of rotatable bonds is 3. The molecular formula is C13H18N2O2. The van der Waals surface area contributed by atoms with Crippen LogP contribution >= 0.6 is 0 Å². The lowest BCUT2D eigenvalue weighted by Gasteiger charge is -2.18. The Bertz CT molecular complexity index is 405. The summed E-state index contributed by atoms with van der Waals surface area (Å²) in [5, 5.41) is 4.13. The lowest BCUT2D eigenvalue weighted by Crippen LogP contribution is -2.34. The van der Waals surface area contributed by atoms with Gasteiger partial charge in [0.05, 0.1) is 7.11 Å². The number of hydrazone groups is 1. The van der Waals surface area contributed by atoms with Crippen molar-refractivity contribution in [2.24, 2.45) is 5.10 Å². The number of nitrogens with zero attached hydrogens (tertiary/aromatic N) is 1. The summed E-state index contributed by atoms with van der Waals surface area (Å²) < 4.78 is 4.72. The van der Waals surface area contributed by atoms with Crippen LogP contribution in [0.15, 0.2) is 35.4 Å². The second kappa shape index (κ2) is 5.48. The lowest BCUT2D eigenvalue weighted by molar-refractivity contribution is -0.132. The highest BCUT2D eigenvalue weighted by Crippen LogP contribution is 2.04. The first-order chi connectivity index (χ1) is 7.94. The van der Waals surface area contributed by atoms with E-state index in [-0.39, 0.29) is 11.3 Å². The smallest absolute Gasteiger partial charge is 0.359 e. The summed E-state index contributed by atoms with van der Waals surface area (Å²) in [6.45, 7) is 5.91. The van der Waals surface area contributed by atoms with Crippen molar-refractivity contribution in [2.45, 2.75) is 26.3 Å². The maximum absolute atomic E-state index is 11.6. The zero-order chi connectivity index (χ0) is 12.9. The summed E-state index contributed by atoms with van der Waals surface area (Å²) in [4.78, 5) is 11.6. The molecule has 1 aromatic rings. The minimum absolute atomic E-state index is 0.200. The molecule has 0 aliphatic heterocycles. The molecule has 4 nitrogen and oxygen atoms in total. The third kappa shape index (κ3) is 4.26. The molecule has 4 heteroatoms. The highest BCUT2D eigenvalue weighted by molar-refractivity contribution is 6.43. The van der Waals surface area contributed by atoms with Crippen LogP contribution in [0.4, 0.5) is 0 Å². The van der Waals surface area contributed by atoms with Gasteiger partial charge in [-0.2, -0.15) is 5.10 Å². The SMILES string of the molecule is COC(=O)/C(=N\NC(C)(C)C)c1ccccc1. The number of nitrogens with one attached hydrogen (secondary N) is 1. The molecule has 0 aliphatic rings. The van der Waals surface area contributed by atoms with Crippen LogP contribution < -0.4 is 5.43 Å². The van der Waals surface area contributed by atoms with Crippen LogP contribution in [0.1, 0.15) is 26.3 Å². The van der Waals surface area contributed by atoms with E-state index in [1.54, 1.807) is 0 Å². The zero-order valence-electron chi connectivity index (χ0n) is 10.7. The summed E-state index contributed by atoms with van der Waals surface area (Å²) >= 11 is 0. The van der Waals surface area contributed by atoms with Crippen LogP contribution in [0.5, 0.6) is 0 Å². The molecule has 0 unspecified atom stereocenters. The van der Waals surface area contributed by atoms with Crippen molar-refractivity contribution in [3.05, 3.63) is 35.9 Å². The van der Waals surface area contributed by atoms with Crippen LogP contribution in [0.3, 0.4) is 0 Å². The van der Waals surface area contributed by atoms with E-state index < -0.39 is 5.97 Å². The Kier molecular flexibility index (Phi) is 4.26. The monoisotopic (exact) mass is 234 g/mol. The van der Waals surface area contributed by atoms with Crippen molar-refractivity contribution < 1.29 is 9.53 Å². The van der Waals surface area contributed by atoms with Gasteiger partial charge in [-0.15, -0.1) is 0 Å². The molecule has 0 atom stereocenters. The molecule has 0 radical (unpaired) electrons. The van der Waals surface area contributed by atoms with Gasteiger partial charge in [-0.3, -0.25) is 0 Å². The maximum atomic E-state index is 11.6. The van der Waals surface area contributed by atoms with E-state index in [1.165, 1.54) is 7.11 Å². The predicted molar refractivity (Wildman–Crippen MR) is 67.9 cm³/mol. The fraction of sp³-hybridized carbons (Fsp3) is 0.385. The number of ether oxygens (including phenoxy) is 1. The van der Waals surface area contributed by atoms with Crippen LogP contribution in [0.2, 0.25) is 0 Å². The van der Waals surface area contributed by atoms with E-state index >= 15 is 0 Å². The van der Waals surface area contributed by atoms with Crippen molar-refractivity contribution in [1.82, 2.24) is 5.43 Å².